The van der Waals surface area contributed by atoms with Crippen LogP contribution in [0.3, 0.4) is 0 Å². The number of carbonyl (C=O) groups is 1. The fourth-order valence-electron chi connectivity index (χ4n) is 1.38. The highest BCUT2D eigenvalue weighted by Gasteiger charge is 2.18. The first-order chi connectivity index (χ1) is 8.36. The molecule has 0 aromatic carbocycles. The first-order valence-corrected chi connectivity index (χ1v) is 5.42. The lowest BCUT2D eigenvalue weighted by Crippen LogP contribution is -2.41. The van der Waals surface area contributed by atoms with Gasteiger partial charge >= 0.3 is 5.69 Å². The summed E-state index contributed by atoms with van der Waals surface area (Å²) in [6, 6.07) is 0.799. The Morgan fingerprint density at radius 3 is 2.56 bits per heavy atom. The SMILES string of the molecule is CC(C)NC(=O)C(C)n1cc(C#N)c(=O)[nH]c1=O. The number of rotatable bonds is 3. The van der Waals surface area contributed by atoms with E-state index < -0.39 is 17.3 Å². The second-order valence-corrected chi connectivity index (χ2v) is 4.16. The van der Waals surface area contributed by atoms with Crippen LogP contribution in [-0.4, -0.2) is 21.5 Å². The van der Waals surface area contributed by atoms with E-state index in [1.165, 1.54) is 6.92 Å². The van der Waals surface area contributed by atoms with Crippen molar-refractivity contribution in [3.8, 4) is 6.07 Å². The highest BCUT2D eigenvalue weighted by Crippen LogP contribution is 2.02. The Morgan fingerprint density at radius 1 is 1.44 bits per heavy atom. The van der Waals surface area contributed by atoms with Crippen molar-refractivity contribution < 1.29 is 4.79 Å². The Hall–Kier alpha value is -2.36. The second kappa shape index (κ2) is 5.31. The van der Waals surface area contributed by atoms with Gasteiger partial charge in [-0.3, -0.25) is 19.1 Å². The van der Waals surface area contributed by atoms with E-state index in [2.05, 4.69) is 5.32 Å². The van der Waals surface area contributed by atoms with E-state index in [4.69, 9.17) is 5.26 Å². The molecule has 1 unspecified atom stereocenters. The minimum atomic E-state index is -0.802. The van der Waals surface area contributed by atoms with Gasteiger partial charge in [0.1, 0.15) is 17.7 Å². The van der Waals surface area contributed by atoms with Crippen LogP contribution in [0.1, 0.15) is 32.4 Å². The van der Waals surface area contributed by atoms with Crippen LogP contribution in [0.25, 0.3) is 0 Å². The number of amides is 1. The van der Waals surface area contributed by atoms with Gasteiger partial charge in [0.05, 0.1) is 0 Å². The topological polar surface area (TPSA) is 108 Å². The van der Waals surface area contributed by atoms with Crippen molar-refractivity contribution in [1.82, 2.24) is 14.9 Å². The molecule has 1 amide bonds. The summed E-state index contributed by atoms with van der Waals surface area (Å²) in [5.41, 5.74) is -1.68. The maximum Gasteiger partial charge on any atom is 0.329 e. The Labute approximate surface area is 103 Å². The predicted octanol–water partition coefficient (Wildman–Crippen LogP) is -0.506. The van der Waals surface area contributed by atoms with Crippen LogP contribution in [0, 0.1) is 11.3 Å². The van der Waals surface area contributed by atoms with Gasteiger partial charge < -0.3 is 5.32 Å². The molecule has 1 heterocycles. The Morgan fingerprint density at radius 2 is 2.06 bits per heavy atom. The molecule has 1 aromatic rings. The molecule has 0 spiro atoms. The van der Waals surface area contributed by atoms with Crippen LogP contribution in [0.15, 0.2) is 15.8 Å². The molecule has 96 valence electrons. The van der Waals surface area contributed by atoms with E-state index in [1.807, 2.05) is 4.98 Å². The van der Waals surface area contributed by atoms with Crippen LogP contribution in [0.4, 0.5) is 0 Å². The third kappa shape index (κ3) is 2.85. The van der Waals surface area contributed by atoms with E-state index in [9.17, 15) is 14.4 Å². The second-order valence-electron chi connectivity index (χ2n) is 4.16. The molecule has 0 fully saturated rings. The van der Waals surface area contributed by atoms with Gasteiger partial charge in [-0.15, -0.1) is 0 Å². The molecule has 18 heavy (non-hydrogen) atoms. The third-order valence-electron chi connectivity index (χ3n) is 2.32. The number of hydrogen-bond acceptors (Lipinski definition) is 4. The molecule has 1 atom stereocenters. The van der Waals surface area contributed by atoms with Crippen molar-refractivity contribution in [2.24, 2.45) is 0 Å². The van der Waals surface area contributed by atoms with Gasteiger partial charge in [-0.2, -0.15) is 5.26 Å². The van der Waals surface area contributed by atoms with E-state index >= 15 is 0 Å². The number of aromatic amines is 1. The standard InChI is InChI=1S/C11H14N4O3/c1-6(2)13-9(16)7(3)15-5-8(4-12)10(17)14-11(15)18/h5-7H,1-3H3,(H,13,16)(H,14,17,18). The molecule has 0 radical (unpaired) electrons. The lowest BCUT2D eigenvalue weighted by atomic mass is 10.2. The lowest BCUT2D eigenvalue weighted by molar-refractivity contribution is -0.124. The lowest BCUT2D eigenvalue weighted by Gasteiger charge is -2.16. The van der Waals surface area contributed by atoms with Crippen molar-refractivity contribution in [2.75, 3.05) is 0 Å². The Bertz CT molecular complexity index is 606. The normalized spacial score (nSPS) is 11.9. The van der Waals surface area contributed by atoms with E-state index in [-0.39, 0.29) is 17.5 Å². The first-order valence-electron chi connectivity index (χ1n) is 5.42. The summed E-state index contributed by atoms with van der Waals surface area (Å²) in [6.07, 6.45) is 1.09. The molecule has 0 bridgehead atoms. The van der Waals surface area contributed by atoms with Crippen LogP contribution >= 0.6 is 0 Å². The summed E-state index contributed by atoms with van der Waals surface area (Å²) in [5, 5.41) is 11.4. The predicted molar refractivity (Wildman–Crippen MR) is 64.0 cm³/mol. The molecular weight excluding hydrogens is 236 g/mol. The number of nitrogens with one attached hydrogen (secondary N) is 2. The highest BCUT2D eigenvalue weighted by atomic mass is 16.2. The number of aromatic nitrogens is 2. The van der Waals surface area contributed by atoms with Gasteiger partial charge in [0.15, 0.2) is 0 Å². The summed E-state index contributed by atoms with van der Waals surface area (Å²) < 4.78 is 1.03. The molecule has 2 N–H and O–H groups in total. The quantitative estimate of drug-likeness (QED) is 0.753. The first kappa shape index (κ1) is 13.7. The zero-order valence-electron chi connectivity index (χ0n) is 10.4. The largest absolute Gasteiger partial charge is 0.352 e. The molecule has 1 rings (SSSR count). The van der Waals surface area contributed by atoms with E-state index in [0.717, 1.165) is 10.8 Å². The minimum absolute atomic E-state index is 0.0612. The summed E-state index contributed by atoms with van der Waals surface area (Å²) >= 11 is 0. The van der Waals surface area contributed by atoms with Gasteiger partial charge in [-0.1, -0.05) is 0 Å². The fourth-order valence-corrected chi connectivity index (χ4v) is 1.38. The molecule has 7 nitrogen and oxygen atoms in total. The molecule has 0 saturated carbocycles. The smallest absolute Gasteiger partial charge is 0.329 e. The van der Waals surface area contributed by atoms with Crippen molar-refractivity contribution in [3.05, 3.63) is 32.6 Å². The molecular formula is C11H14N4O3. The fraction of sp³-hybridized carbons (Fsp3) is 0.455. The van der Waals surface area contributed by atoms with Gasteiger partial charge in [0.25, 0.3) is 5.56 Å². The van der Waals surface area contributed by atoms with Crippen LogP contribution in [0.5, 0.6) is 0 Å². The number of H-pyrrole nitrogens is 1. The molecule has 0 aliphatic rings. The van der Waals surface area contributed by atoms with E-state index in [0.29, 0.717) is 0 Å². The summed E-state index contributed by atoms with van der Waals surface area (Å²) in [4.78, 5) is 36.5. The number of hydrogen-bond donors (Lipinski definition) is 2. The molecule has 0 aliphatic carbocycles. The van der Waals surface area contributed by atoms with Crippen molar-refractivity contribution in [1.29, 1.82) is 5.26 Å². The van der Waals surface area contributed by atoms with Crippen molar-refractivity contribution >= 4 is 5.91 Å². The maximum atomic E-state index is 11.7. The summed E-state index contributed by atoms with van der Waals surface area (Å²) in [7, 11) is 0. The zero-order chi connectivity index (χ0) is 13.9. The molecule has 7 heteroatoms. The van der Waals surface area contributed by atoms with Crippen molar-refractivity contribution in [3.63, 3.8) is 0 Å². The molecule has 0 saturated heterocycles. The zero-order valence-corrected chi connectivity index (χ0v) is 10.4. The molecule has 0 aliphatic heterocycles. The number of nitriles is 1. The highest BCUT2D eigenvalue weighted by molar-refractivity contribution is 5.80. The number of carbonyl (C=O) groups excluding carboxylic acids is 1. The summed E-state index contributed by atoms with van der Waals surface area (Å²) in [6.45, 7) is 5.10. The van der Waals surface area contributed by atoms with Gasteiger partial charge in [-0.05, 0) is 20.8 Å². The Balaban J connectivity index is 3.18. The maximum absolute atomic E-state index is 11.7. The van der Waals surface area contributed by atoms with Crippen LogP contribution in [0.2, 0.25) is 0 Å². The Kier molecular flexibility index (Phi) is 4.05. The molecule has 1 aromatic heterocycles. The average Bonchev–Trinajstić information content (AvgIpc) is 2.27. The van der Waals surface area contributed by atoms with Gasteiger partial charge in [-0.25, -0.2) is 4.79 Å². The minimum Gasteiger partial charge on any atom is -0.352 e. The summed E-state index contributed by atoms with van der Waals surface area (Å²) in [5.74, 6) is -0.358. The monoisotopic (exact) mass is 250 g/mol. The van der Waals surface area contributed by atoms with E-state index in [1.54, 1.807) is 19.9 Å². The van der Waals surface area contributed by atoms with Gasteiger partial charge in [0.2, 0.25) is 5.91 Å². The van der Waals surface area contributed by atoms with Gasteiger partial charge in [0, 0.05) is 12.2 Å². The third-order valence-corrected chi connectivity index (χ3v) is 2.32. The number of nitrogens with zero attached hydrogens (tertiary/aromatic N) is 2. The van der Waals surface area contributed by atoms with Crippen LogP contribution in [-0.2, 0) is 4.79 Å². The van der Waals surface area contributed by atoms with Crippen LogP contribution < -0.4 is 16.6 Å². The average molecular weight is 250 g/mol. The van der Waals surface area contributed by atoms with Crippen molar-refractivity contribution in [2.45, 2.75) is 32.9 Å².